The molecule has 0 saturated carbocycles. The third kappa shape index (κ3) is 13.2. The van der Waals surface area contributed by atoms with E-state index in [1.165, 1.54) is 0 Å². The first-order chi connectivity index (χ1) is 29.5. The summed E-state index contributed by atoms with van der Waals surface area (Å²) in [5, 5.41) is 83.0. The summed E-state index contributed by atoms with van der Waals surface area (Å²) >= 11 is 0. The standard InChI is InChI=1S/C28H44N2O31S4/c1-5(31)29-9-16(11(33)7(55-25(9)42)3-62(43,44)45)57-28-22(65(52,53)54)15(37)18(20(61-28)24(40)41)59-26-10(30-6(2)32)17(12(34)8(56-26)4-63(46,47)48)58-27-21(64(49,50)51)14(36)13(35)19(60-27)23(38)39/h7-22,25-28,33-37,42H,3-4H2,1-2H3,(H,29,31)(H,30,32)(H,38,39)(H,40,41)(H,43,44,45)(H,46,47,48)(H,49,50,51)(H,52,53,54)/t7-,8-,9-,10-,11+,12+,13+,14+,15+,16-,17-,18+,19+,20+,21-,22-,25-,26+,27-,28-/m1/s1. The normalized spacial score (nSPS) is 40.9. The Morgan fingerprint density at radius 3 is 1.29 bits per heavy atom. The summed E-state index contributed by atoms with van der Waals surface area (Å²) in [6.45, 7) is 1.55. The molecule has 0 bridgehead atoms. The van der Waals surface area contributed by atoms with Crippen LogP contribution in [0.4, 0.5) is 0 Å². The van der Waals surface area contributed by atoms with Gasteiger partial charge >= 0.3 is 11.9 Å². The fourth-order valence-corrected chi connectivity index (χ4v) is 10.5. The Morgan fingerprint density at radius 2 is 0.877 bits per heavy atom. The zero-order valence-corrected chi connectivity index (χ0v) is 36.0. The number of carboxylic acid groups (broad SMARTS) is 2. The van der Waals surface area contributed by atoms with Crippen molar-refractivity contribution in [3.8, 4) is 0 Å². The van der Waals surface area contributed by atoms with E-state index in [1.54, 1.807) is 0 Å². The summed E-state index contributed by atoms with van der Waals surface area (Å²) in [5.74, 6) is -9.80. The SMILES string of the molecule is CC(=O)N[C@@H]1[C@@H](O[C@@H]2O[C@H](C(=O)O)[C@@H](O[C@@H]3O[C@H](CS(=O)(=O)O)[C@H](O)[C@H](O[C@@H]4O[C@H](C(=O)O)[C@@H](O)[C@H](O)[C@H]4S(=O)(=O)O)[C@H]3NC(C)=O)[C@H](O)[C@H]2S(=O)(=O)O)[C@@H](O)[C@@H](CS(=O)(=O)O)O[C@H]1O. The number of aliphatic hydroxyl groups excluding tert-OH is 6. The third-order valence-corrected chi connectivity index (χ3v) is 13.8. The van der Waals surface area contributed by atoms with Gasteiger partial charge in [-0.3, -0.25) is 27.8 Å². The van der Waals surface area contributed by atoms with Gasteiger partial charge in [0.05, 0.1) is 0 Å². The van der Waals surface area contributed by atoms with Gasteiger partial charge in [-0.05, 0) is 0 Å². The maximum absolute atomic E-state index is 12.9. The van der Waals surface area contributed by atoms with Crippen LogP contribution in [0.5, 0.6) is 0 Å². The molecule has 20 atom stereocenters. The molecule has 4 aliphatic rings. The number of aliphatic hydroxyl groups is 6. The lowest BCUT2D eigenvalue weighted by atomic mass is 9.95. The van der Waals surface area contributed by atoms with Crippen LogP contribution in [0.3, 0.4) is 0 Å². The Kier molecular flexibility index (Phi) is 17.1. The molecular weight excluding hydrogens is 989 g/mol. The molecule has 4 heterocycles. The molecule has 4 fully saturated rings. The van der Waals surface area contributed by atoms with Crippen LogP contribution in [0.1, 0.15) is 13.8 Å². The Morgan fingerprint density at radius 1 is 0.492 bits per heavy atom. The van der Waals surface area contributed by atoms with Gasteiger partial charge in [0, 0.05) is 13.8 Å². The van der Waals surface area contributed by atoms with Gasteiger partial charge in [-0.2, -0.15) is 33.7 Å². The van der Waals surface area contributed by atoms with Crippen molar-refractivity contribution in [2.45, 2.75) is 135 Å². The molecule has 4 saturated heterocycles. The highest BCUT2D eigenvalue weighted by atomic mass is 32.2. The van der Waals surface area contributed by atoms with E-state index in [0.29, 0.717) is 0 Å². The third-order valence-electron chi connectivity index (χ3n) is 9.97. The van der Waals surface area contributed by atoms with E-state index >= 15 is 0 Å². The molecule has 4 aliphatic heterocycles. The van der Waals surface area contributed by atoms with E-state index in [0.717, 1.165) is 13.8 Å². The predicted octanol–water partition coefficient (Wildman–Crippen LogP) is -9.69. The molecule has 37 heteroatoms. The summed E-state index contributed by atoms with van der Waals surface area (Å²) in [7, 11) is -22.0. The van der Waals surface area contributed by atoms with Gasteiger partial charge in [0.1, 0.15) is 84.6 Å². The highest BCUT2D eigenvalue weighted by molar-refractivity contribution is 7.87. The highest BCUT2D eigenvalue weighted by Crippen LogP contribution is 2.37. The van der Waals surface area contributed by atoms with Gasteiger partial charge in [-0.1, -0.05) is 0 Å². The quantitative estimate of drug-likeness (QED) is 0.0638. The van der Waals surface area contributed by atoms with Crippen LogP contribution in [0.15, 0.2) is 0 Å². The lowest BCUT2D eigenvalue weighted by Gasteiger charge is -2.50. The largest absolute Gasteiger partial charge is 0.479 e. The monoisotopic (exact) mass is 1030 g/mol. The molecule has 0 aromatic rings. The zero-order chi connectivity index (χ0) is 49.6. The van der Waals surface area contributed by atoms with Crippen molar-refractivity contribution >= 4 is 64.2 Å². The number of hydrogen-bond donors (Lipinski definition) is 14. The highest BCUT2D eigenvalue weighted by Gasteiger charge is 2.61. The lowest BCUT2D eigenvalue weighted by molar-refractivity contribution is -0.344. The molecule has 0 aliphatic carbocycles. The molecule has 0 aromatic carbocycles. The van der Waals surface area contributed by atoms with Crippen molar-refractivity contribution in [2.24, 2.45) is 0 Å². The van der Waals surface area contributed by atoms with Gasteiger partial charge in [0.2, 0.25) is 11.8 Å². The second-order valence-corrected chi connectivity index (χ2v) is 20.9. The fourth-order valence-electron chi connectivity index (χ4n) is 7.29. The van der Waals surface area contributed by atoms with Crippen LogP contribution in [0, 0.1) is 0 Å². The average molecular weight is 1030 g/mol. The minimum absolute atomic E-state index is 0.717. The molecule has 0 unspecified atom stereocenters. The first kappa shape index (κ1) is 54.6. The van der Waals surface area contributed by atoms with Gasteiger partial charge in [-0.15, -0.1) is 0 Å². The molecule has 33 nitrogen and oxygen atoms in total. The van der Waals surface area contributed by atoms with Crippen LogP contribution in [-0.4, -0.2) is 249 Å². The predicted molar refractivity (Wildman–Crippen MR) is 196 cm³/mol. The van der Waals surface area contributed by atoms with Crippen LogP contribution in [0.25, 0.3) is 0 Å². The van der Waals surface area contributed by atoms with E-state index in [4.69, 9.17) is 33.2 Å². The molecule has 65 heavy (non-hydrogen) atoms. The Balaban J connectivity index is 1.82. The number of rotatable bonds is 16. The molecule has 376 valence electrons. The zero-order valence-electron chi connectivity index (χ0n) is 32.7. The Bertz CT molecular complexity index is 2230. The molecule has 0 aromatic heterocycles. The summed E-state index contributed by atoms with van der Waals surface area (Å²) in [5.41, 5.74) is 0. The number of hydrogen-bond acceptors (Lipinski definition) is 25. The Hall–Kier alpha value is -3.00. The van der Waals surface area contributed by atoms with E-state index in [1.807, 2.05) is 10.6 Å². The number of amides is 2. The number of carbonyl (C=O) groups is 4. The number of nitrogens with one attached hydrogen (secondary N) is 2. The molecule has 0 spiro atoms. The second kappa shape index (κ2) is 20.3. The molecule has 2 amide bonds. The van der Waals surface area contributed by atoms with E-state index in [2.05, 4.69) is 0 Å². The molecule has 0 radical (unpaired) electrons. The minimum Gasteiger partial charge on any atom is -0.479 e. The second-order valence-electron chi connectivity index (χ2n) is 14.8. The maximum Gasteiger partial charge on any atom is 0.335 e. The van der Waals surface area contributed by atoms with Crippen molar-refractivity contribution in [1.29, 1.82) is 0 Å². The van der Waals surface area contributed by atoms with Gasteiger partial charge in [0.25, 0.3) is 40.5 Å². The average Bonchev–Trinajstić information content (AvgIpc) is 3.11. The van der Waals surface area contributed by atoms with E-state index in [9.17, 15) is 112 Å². The number of carbonyl (C=O) groups excluding carboxylic acids is 2. The van der Waals surface area contributed by atoms with Gasteiger partial charge < -0.3 is 84.6 Å². The summed E-state index contributed by atoms with van der Waals surface area (Å²) in [6, 6.07) is -4.41. The van der Waals surface area contributed by atoms with E-state index in [-0.39, 0.29) is 0 Å². The first-order valence-corrected chi connectivity index (χ1v) is 24.3. The molecule has 14 N–H and O–H groups in total. The molecule has 4 rings (SSSR count). The fraction of sp³-hybridized carbons (Fsp3) is 0.857. The van der Waals surface area contributed by atoms with Crippen LogP contribution in [-0.2, 0) is 92.8 Å². The van der Waals surface area contributed by atoms with Crippen LogP contribution >= 0.6 is 0 Å². The van der Waals surface area contributed by atoms with Crippen molar-refractivity contribution in [2.75, 3.05) is 11.5 Å². The van der Waals surface area contributed by atoms with E-state index < -0.39 is 197 Å². The Labute approximate surface area is 365 Å². The summed E-state index contributed by atoms with van der Waals surface area (Å²) < 4.78 is 174. The van der Waals surface area contributed by atoms with Gasteiger partial charge in [-0.25, -0.2) is 9.59 Å². The lowest BCUT2D eigenvalue weighted by Crippen LogP contribution is -2.71. The smallest absolute Gasteiger partial charge is 0.335 e. The number of carboxylic acids is 2. The van der Waals surface area contributed by atoms with Crippen molar-refractivity contribution < 1.29 is 145 Å². The van der Waals surface area contributed by atoms with Crippen molar-refractivity contribution in [3.05, 3.63) is 0 Å². The van der Waals surface area contributed by atoms with Crippen molar-refractivity contribution in [3.63, 3.8) is 0 Å². The minimum atomic E-state index is -5.91. The maximum atomic E-state index is 12.9. The molecular formula is C28H44N2O31S4. The number of ether oxygens (including phenoxy) is 7. The van der Waals surface area contributed by atoms with Crippen LogP contribution < -0.4 is 10.6 Å². The first-order valence-electron chi connectivity index (χ1n) is 18.0. The number of aliphatic carboxylic acids is 2. The van der Waals surface area contributed by atoms with Crippen LogP contribution in [0.2, 0.25) is 0 Å². The summed E-state index contributed by atoms with van der Waals surface area (Å²) in [4.78, 5) is 49.1. The van der Waals surface area contributed by atoms with Crippen molar-refractivity contribution in [1.82, 2.24) is 10.6 Å². The summed E-state index contributed by atoms with van der Waals surface area (Å²) in [6.07, 6.45) is -42.0. The topological polar surface area (TPSA) is 536 Å². The van der Waals surface area contributed by atoms with Gasteiger partial charge in [0.15, 0.2) is 47.9 Å².